The van der Waals surface area contributed by atoms with Crippen molar-refractivity contribution in [3.8, 4) is 17.1 Å². The van der Waals surface area contributed by atoms with E-state index >= 15 is 0 Å². The van der Waals surface area contributed by atoms with E-state index in [0.29, 0.717) is 22.9 Å². The molecule has 0 saturated carbocycles. The molecule has 0 unspecified atom stereocenters. The fourth-order valence-corrected chi connectivity index (χ4v) is 1.88. The quantitative estimate of drug-likeness (QED) is 0.608. The number of anilines is 1. The summed E-state index contributed by atoms with van der Waals surface area (Å²) in [6.07, 6.45) is 0. The number of nitrogens with one attached hydrogen (secondary N) is 1. The predicted octanol–water partition coefficient (Wildman–Crippen LogP) is 2.22. The van der Waals surface area contributed by atoms with Gasteiger partial charge in [0.15, 0.2) is 5.65 Å². The predicted molar refractivity (Wildman–Crippen MR) is 70.1 cm³/mol. The number of fused-ring (bicyclic) bond motifs is 1. The minimum absolute atomic E-state index is 0.196. The summed E-state index contributed by atoms with van der Waals surface area (Å²) in [5, 5.41) is 9.92. The number of aromatic hydroxyl groups is 1. The molecule has 0 spiro atoms. The van der Waals surface area contributed by atoms with E-state index in [9.17, 15) is 5.11 Å². The minimum Gasteiger partial charge on any atom is -0.507 e. The van der Waals surface area contributed by atoms with Crippen molar-refractivity contribution in [2.24, 2.45) is 0 Å². The molecule has 18 heavy (non-hydrogen) atoms. The number of aromatic nitrogens is 3. The van der Waals surface area contributed by atoms with Crippen LogP contribution >= 0.6 is 0 Å². The van der Waals surface area contributed by atoms with Crippen LogP contribution < -0.4 is 5.73 Å². The molecule has 0 bridgehead atoms. The molecule has 3 aromatic rings. The third-order valence-electron chi connectivity index (χ3n) is 2.78. The molecule has 0 fully saturated rings. The van der Waals surface area contributed by atoms with Crippen molar-refractivity contribution in [1.82, 2.24) is 15.0 Å². The summed E-state index contributed by atoms with van der Waals surface area (Å²) in [5.74, 6) is 1.20. The van der Waals surface area contributed by atoms with Gasteiger partial charge in [-0.2, -0.15) is 0 Å². The van der Waals surface area contributed by atoms with Gasteiger partial charge in [0.1, 0.15) is 17.4 Å². The van der Waals surface area contributed by atoms with Crippen LogP contribution in [0.4, 0.5) is 5.82 Å². The summed E-state index contributed by atoms with van der Waals surface area (Å²) in [4.78, 5) is 11.6. The number of benzene rings is 1. The number of nitrogen functional groups attached to an aromatic ring is 1. The number of rotatable bonds is 1. The molecule has 90 valence electrons. The topological polar surface area (TPSA) is 87.8 Å². The van der Waals surface area contributed by atoms with Crippen LogP contribution in [-0.2, 0) is 0 Å². The average Bonchev–Trinajstić information content (AvgIpc) is 2.71. The number of aryl methyl sites for hydroxylation is 1. The number of aromatic amines is 1. The van der Waals surface area contributed by atoms with E-state index in [1.54, 1.807) is 12.1 Å². The molecule has 0 atom stereocenters. The first-order chi connectivity index (χ1) is 8.63. The Hall–Kier alpha value is -2.56. The fraction of sp³-hybridized carbons (Fsp3) is 0.0769. The summed E-state index contributed by atoms with van der Waals surface area (Å²) < 4.78 is 0. The number of hydrogen-bond acceptors (Lipinski definition) is 4. The van der Waals surface area contributed by atoms with Crippen molar-refractivity contribution >= 4 is 17.0 Å². The van der Waals surface area contributed by atoms with Crippen LogP contribution in [0.5, 0.6) is 5.75 Å². The van der Waals surface area contributed by atoms with E-state index in [1.807, 2.05) is 25.1 Å². The van der Waals surface area contributed by atoms with E-state index < -0.39 is 0 Å². The smallest absolute Gasteiger partial charge is 0.180 e. The van der Waals surface area contributed by atoms with Gasteiger partial charge in [0.2, 0.25) is 0 Å². The third-order valence-corrected chi connectivity index (χ3v) is 2.78. The van der Waals surface area contributed by atoms with Gasteiger partial charge in [0, 0.05) is 0 Å². The van der Waals surface area contributed by atoms with Crippen molar-refractivity contribution in [2.45, 2.75) is 6.92 Å². The molecule has 2 aromatic heterocycles. The Morgan fingerprint density at radius 3 is 2.78 bits per heavy atom. The van der Waals surface area contributed by atoms with Crippen molar-refractivity contribution in [1.29, 1.82) is 0 Å². The molecule has 0 amide bonds. The molecule has 0 aliphatic rings. The lowest BCUT2D eigenvalue weighted by atomic mass is 10.1. The third kappa shape index (κ3) is 1.66. The minimum atomic E-state index is 0.196. The molecule has 0 saturated heterocycles. The Balaban J connectivity index is 2.19. The van der Waals surface area contributed by atoms with Gasteiger partial charge < -0.3 is 15.8 Å². The Kier molecular flexibility index (Phi) is 2.19. The largest absolute Gasteiger partial charge is 0.507 e. The Labute approximate surface area is 103 Å². The van der Waals surface area contributed by atoms with E-state index in [2.05, 4.69) is 15.0 Å². The summed E-state index contributed by atoms with van der Waals surface area (Å²) in [6.45, 7) is 1.92. The molecule has 5 heteroatoms. The van der Waals surface area contributed by atoms with Crippen molar-refractivity contribution in [3.05, 3.63) is 35.9 Å². The van der Waals surface area contributed by atoms with Gasteiger partial charge in [-0.3, -0.25) is 0 Å². The molecule has 0 radical (unpaired) electrons. The van der Waals surface area contributed by atoms with E-state index in [-0.39, 0.29) is 5.75 Å². The van der Waals surface area contributed by atoms with Crippen LogP contribution in [0.2, 0.25) is 0 Å². The molecule has 1 aromatic carbocycles. The second-order valence-corrected chi connectivity index (χ2v) is 4.21. The first kappa shape index (κ1) is 10.6. The maximum absolute atomic E-state index is 9.92. The Morgan fingerprint density at radius 1 is 1.17 bits per heavy atom. The lowest BCUT2D eigenvalue weighted by Crippen LogP contribution is -1.88. The zero-order valence-electron chi connectivity index (χ0n) is 9.81. The maximum Gasteiger partial charge on any atom is 0.180 e. The fourth-order valence-electron chi connectivity index (χ4n) is 1.88. The monoisotopic (exact) mass is 240 g/mol. The average molecular weight is 240 g/mol. The molecular formula is C13H12N4O. The van der Waals surface area contributed by atoms with E-state index in [1.165, 1.54) is 0 Å². The molecule has 3 rings (SSSR count). The highest BCUT2D eigenvalue weighted by Gasteiger charge is 2.10. The lowest BCUT2D eigenvalue weighted by molar-refractivity contribution is 0.476. The highest BCUT2D eigenvalue weighted by Crippen LogP contribution is 2.29. The first-order valence-corrected chi connectivity index (χ1v) is 5.56. The number of nitrogens with zero attached hydrogens (tertiary/aromatic N) is 2. The standard InChI is InChI=1S/C13H12N4O/c1-7-2-3-8(10(18)6-7)12-15-9-4-5-11(14)16-13(9)17-12/h2-6,18H,1H3,(H3,14,15,16,17). The second-order valence-electron chi connectivity index (χ2n) is 4.21. The van der Waals surface area contributed by atoms with Gasteiger partial charge in [-0.1, -0.05) is 6.07 Å². The molecule has 4 N–H and O–H groups in total. The van der Waals surface area contributed by atoms with E-state index in [0.717, 1.165) is 11.1 Å². The number of imidazole rings is 1. The molecule has 2 heterocycles. The van der Waals surface area contributed by atoms with Crippen LogP contribution in [0.1, 0.15) is 5.56 Å². The van der Waals surface area contributed by atoms with Gasteiger partial charge in [0.25, 0.3) is 0 Å². The number of hydrogen-bond donors (Lipinski definition) is 3. The molecular weight excluding hydrogens is 228 g/mol. The van der Waals surface area contributed by atoms with Crippen LogP contribution in [0, 0.1) is 6.92 Å². The molecule has 0 aliphatic heterocycles. The Morgan fingerprint density at radius 2 is 2.00 bits per heavy atom. The van der Waals surface area contributed by atoms with Crippen LogP contribution in [-0.4, -0.2) is 20.1 Å². The van der Waals surface area contributed by atoms with Gasteiger partial charge in [-0.15, -0.1) is 0 Å². The van der Waals surface area contributed by atoms with Crippen molar-refractivity contribution < 1.29 is 5.11 Å². The normalized spacial score (nSPS) is 10.9. The second kappa shape index (κ2) is 3.73. The zero-order chi connectivity index (χ0) is 12.7. The van der Waals surface area contributed by atoms with Gasteiger partial charge >= 0.3 is 0 Å². The summed E-state index contributed by atoms with van der Waals surface area (Å²) in [7, 11) is 0. The number of pyridine rings is 1. The summed E-state index contributed by atoms with van der Waals surface area (Å²) in [5.41, 5.74) is 8.59. The molecule has 5 nitrogen and oxygen atoms in total. The van der Waals surface area contributed by atoms with Gasteiger partial charge in [0.05, 0.1) is 11.1 Å². The van der Waals surface area contributed by atoms with Crippen LogP contribution in [0.3, 0.4) is 0 Å². The Bertz CT molecular complexity index is 733. The van der Waals surface area contributed by atoms with Crippen LogP contribution in [0.25, 0.3) is 22.6 Å². The lowest BCUT2D eigenvalue weighted by Gasteiger charge is -2.01. The van der Waals surface area contributed by atoms with Gasteiger partial charge in [-0.05, 0) is 36.8 Å². The number of nitrogens with two attached hydrogens (primary N) is 1. The van der Waals surface area contributed by atoms with Crippen molar-refractivity contribution in [2.75, 3.05) is 5.73 Å². The van der Waals surface area contributed by atoms with Gasteiger partial charge in [-0.25, -0.2) is 9.97 Å². The molecule has 0 aliphatic carbocycles. The highest BCUT2D eigenvalue weighted by molar-refractivity contribution is 5.78. The maximum atomic E-state index is 9.92. The van der Waals surface area contributed by atoms with E-state index in [4.69, 9.17) is 5.73 Å². The summed E-state index contributed by atoms with van der Waals surface area (Å²) in [6, 6.07) is 8.97. The number of phenols is 1. The highest BCUT2D eigenvalue weighted by atomic mass is 16.3. The zero-order valence-corrected chi connectivity index (χ0v) is 9.81. The number of H-pyrrole nitrogens is 1. The van der Waals surface area contributed by atoms with Crippen LogP contribution in [0.15, 0.2) is 30.3 Å². The van der Waals surface area contributed by atoms with Crippen molar-refractivity contribution in [3.63, 3.8) is 0 Å². The first-order valence-electron chi connectivity index (χ1n) is 5.56. The SMILES string of the molecule is Cc1ccc(-c2nc3nc(N)ccc3[nH]2)c(O)c1. The summed E-state index contributed by atoms with van der Waals surface area (Å²) >= 11 is 0. The number of phenolic OH excluding ortho intramolecular Hbond substituents is 1.